The zero-order chi connectivity index (χ0) is 22.4. The van der Waals surface area contributed by atoms with E-state index in [1.807, 2.05) is 0 Å². The smallest absolute Gasteiger partial charge is 0.242 e. The third-order valence-electron chi connectivity index (χ3n) is 5.01. The van der Waals surface area contributed by atoms with E-state index in [0.717, 1.165) is 40.9 Å². The minimum Gasteiger partial charge on any atom is -0.354 e. The second-order valence-electron chi connectivity index (χ2n) is 7.66. The van der Waals surface area contributed by atoms with Crippen LogP contribution in [0.4, 0.5) is 5.69 Å². The number of nitrogens with one attached hydrogen (secondary N) is 1. The van der Waals surface area contributed by atoms with E-state index in [1.54, 1.807) is 0 Å². The van der Waals surface area contributed by atoms with Crippen LogP contribution in [-0.4, -0.2) is 85.0 Å². The number of likely N-dealkylation sites (tertiary alicyclic amines) is 1. The predicted molar refractivity (Wildman–Crippen MR) is 117 cm³/mol. The first-order chi connectivity index (χ1) is 14.0. The summed E-state index contributed by atoms with van der Waals surface area (Å²) >= 11 is 0. The summed E-state index contributed by atoms with van der Waals surface area (Å²) in [5.74, 6) is -0.399. The van der Waals surface area contributed by atoms with Gasteiger partial charge >= 0.3 is 0 Å². The molecule has 1 N–H and O–H groups in total. The minimum atomic E-state index is -3.72. The molecule has 0 aromatic heterocycles. The number of sulfonamides is 2. The standard InChI is InChI=1S/C19H32N4O5S2/c1-21(2)30(27,28)18-10-8-17(9-11-18)23(29(3,25)26)16-19(24)20-12-7-15-22-13-5-4-6-14-22/h8-11H,4-7,12-16H2,1-3H3,(H,20,24). The number of rotatable bonds is 10. The fraction of sp³-hybridized carbons (Fsp3) is 0.632. The van der Waals surface area contributed by atoms with E-state index in [2.05, 4.69) is 10.2 Å². The number of benzene rings is 1. The minimum absolute atomic E-state index is 0.0480. The lowest BCUT2D eigenvalue weighted by Crippen LogP contribution is -2.41. The lowest BCUT2D eigenvalue weighted by molar-refractivity contribution is -0.119. The first kappa shape index (κ1) is 24.6. The summed E-state index contributed by atoms with van der Waals surface area (Å²) in [5, 5.41) is 2.77. The normalized spacial score (nSPS) is 15.9. The van der Waals surface area contributed by atoms with Crippen LogP contribution in [0.15, 0.2) is 29.2 Å². The van der Waals surface area contributed by atoms with Crippen molar-refractivity contribution in [3.63, 3.8) is 0 Å². The molecule has 1 amide bonds. The van der Waals surface area contributed by atoms with Gasteiger partial charge in [0.25, 0.3) is 0 Å². The van der Waals surface area contributed by atoms with Gasteiger partial charge in [-0.05, 0) is 63.2 Å². The van der Waals surface area contributed by atoms with Crippen molar-refractivity contribution in [3.05, 3.63) is 24.3 Å². The Kier molecular flexibility index (Phi) is 8.65. The van der Waals surface area contributed by atoms with Crippen molar-refractivity contribution in [2.24, 2.45) is 0 Å². The van der Waals surface area contributed by atoms with Gasteiger partial charge in [-0.1, -0.05) is 6.42 Å². The molecule has 0 bridgehead atoms. The summed E-state index contributed by atoms with van der Waals surface area (Å²) in [5.41, 5.74) is 0.235. The summed E-state index contributed by atoms with van der Waals surface area (Å²) in [7, 11) is -4.50. The molecule has 170 valence electrons. The monoisotopic (exact) mass is 460 g/mol. The second kappa shape index (κ2) is 10.6. The van der Waals surface area contributed by atoms with Crippen molar-refractivity contribution in [2.75, 3.05) is 57.4 Å². The predicted octanol–water partition coefficient (Wildman–Crippen LogP) is 0.695. The maximum Gasteiger partial charge on any atom is 0.242 e. The Labute approximate surface area is 180 Å². The molecule has 0 radical (unpaired) electrons. The van der Waals surface area contributed by atoms with E-state index >= 15 is 0 Å². The summed E-state index contributed by atoms with van der Waals surface area (Å²) < 4.78 is 50.8. The fourth-order valence-electron chi connectivity index (χ4n) is 3.30. The molecule has 9 nitrogen and oxygen atoms in total. The molecule has 2 rings (SSSR count). The van der Waals surface area contributed by atoms with E-state index in [1.165, 1.54) is 57.6 Å². The van der Waals surface area contributed by atoms with Crippen molar-refractivity contribution >= 4 is 31.6 Å². The zero-order valence-electron chi connectivity index (χ0n) is 17.9. The molecular weight excluding hydrogens is 428 g/mol. The third-order valence-corrected chi connectivity index (χ3v) is 7.98. The second-order valence-corrected chi connectivity index (χ2v) is 11.7. The Morgan fingerprint density at radius 3 is 2.17 bits per heavy atom. The van der Waals surface area contributed by atoms with Gasteiger partial charge in [0.05, 0.1) is 16.8 Å². The van der Waals surface area contributed by atoms with Gasteiger partial charge in [-0.25, -0.2) is 21.1 Å². The summed E-state index contributed by atoms with van der Waals surface area (Å²) in [6.45, 7) is 3.22. The van der Waals surface area contributed by atoms with E-state index in [4.69, 9.17) is 0 Å². The Hall–Kier alpha value is -1.69. The molecule has 1 aromatic carbocycles. The lowest BCUT2D eigenvalue weighted by Gasteiger charge is -2.26. The van der Waals surface area contributed by atoms with Crippen LogP contribution in [-0.2, 0) is 24.8 Å². The molecule has 0 unspecified atom stereocenters. The van der Waals surface area contributed by atoms with Crippen LogP contribution in [0, 0.1) is 0 Å². The van der Waals surface area contributed by atoms with Crippen molar-refractivity contribution < 1.29 is 21.6 Å². The van der Waals surface area contributed by atoms with Gasteiger partial charge in [0.2, 0.25) is 26.0 Å². The van der Waals surface area contributed by atoms with Crippen LogP contribution in [0.2, 0.25) is 0 Å². The Morgan fingerprint density at radius 2 is 1.63 bits per heavy atom. The molecule has 1 heterocycles. The largest absolute Gasteiger partial charge is 0.354 e. The molecule has 0 aliphatic carbocycles. The van der Waals surface area contributed by atoms with E-state index in [9.17, 15) is 21.6 Å². The number of piperidine rings is 1. The number of nitrogens with zero attached hydrogens (tertiary/aromatic N) is 3. The first-order valence-corrected chi connectivity index (χ1v) is 13.3. The molecule has 11 heteroatoms. The number of hydrogen-bond acceptors (Lipinski definition) is 6. The van der Waals surface area contributed by atoms with Crippen molar-refractivity contribution in [1.82, 2.24) is 14.5 Å². The van der Waals surface area contributed by atoms with Crippen LogP contribution in [0.25, 0.3) is 0 Å². The van der Waals surface area contributed by atoms with E-state index in [-0.39, 0.29) is 17.1 Å². The summed E-state index contributed by atoms with van der Waals surface area (Å²) in [4.78, 5) is 14.7. The van der Waals surface area contributed by atoms with Crippen LogP contribution in [0.1, 0.15) is 25.7 Å². The quantitative estimate of drug-likeness (QED) is 0.515. The van der Waals surface area contributed by atoms with Gasteiger partial charge < -0.3 is 10.2 Å². The molecule has 1 aliphatic heterocycles. The molecular formula is C19H32N4O5S2. The molecule has 1 aliphatic rings. The average molecular weight is 461 g/mol. The molecule has 1 aromatic rings. The van der Waals surface area contributed by atoms with Crippen LogP contribution in [0.3, 0.4) is 0 Å². The van der Waals surface area contributed by atoms with E-state index < -0.39 is 26.0 Å². The van der Waals surface area contributed by atoms with Crippen LogP contribution in [0.5, 0.6) is 0 Å². The van der Waals surface area contributed by atoms with Gasteiger partial charge in [0, 0.05) is 20.6 Å². The molecule has 1 saturated heterocycles. The SMILES string of the molecule is CN(C)S(=O)(=O)c1ccc(N(CC(=O)NCCCN2CCCCC2)S(C)(=O)=O)cc1. The van der Waals surface area contributed by atoms with Gasteiger partial charge in [-0.2, -0.15) is 0 Å². The highest BCUT2D eigenvalue weighted by molar-refractivity contribution is 7.92. The Balaban J connectivity index is 1.96. The first-order valence-electron chi connectivity index (χ1n) is 10.0. The number of carbonyl (C=O) groups excluding carboxylic acids is 1. The number of carbonyl (C=O) groups is 1. The van der Waals surface area contributed by atoms with Crippen LogP contribution < -0.4 is 9.62 Å². The maximum absolute atomic E-state index is 12.3. The Bertz CT molecular complexity index is 909. The molecule has 30 heavy (non-hydrogen) atoms. The molecule has 0 saturated carbocycles. The van der Waals surface area contributed by atoms with Gasteiger partial charge in [0.1, 0.15) is 6.54 Å². The van der Waals surface area contributed by atoms with E-state index in [0.29, 0.717) is 6.54 Å². The average Bonchev–Trinajstić information content (AvgIpc) is 2.69. The Morgan fingerprint density at radius 1 is 1.03 bits per heavy atom. The number of anilines is 1. The zero-order valence-corrected chi connectivity index (χ0v) is 19.5. The van der Waals surface area contributed by atoms with Crippen molar-refractivity contribution in [3.8, 4) is 0 Å². The summed E-state index contributed by atoms with van der Waals surface area (Å²) in [6.07, 6.45) is 5.52. The molecule has 0 spiro atoms. The van der Waals surface area contributed by atoms with Gasteiger partial charge in [-0.15, -0.1) is 0 Å². The van der Waals surface area contributed by atoms with Crippen molar-refractivity contribution in [1.29, 1.82) is 0 Å². The molecule has 0 atom stereocenters. The summed E-state index contributed by atoms with van der Waals surface area (Å²) in [6, 6.07) is 5.45. The highest BCUT2D eigenvalue weighted by Gasteiger charge is 2.22. The van der Waals surface area contributed by atoms with Crippen LogP contribution >= 0.6 is 0 Å². The highest BCUT2D eigenvalue weighted by Crippen LogP contribution is 2.21. The maximum atomic E-state index is 12.3. The highest BCUT2D eigenvalue weighted by atomic mass is 32.2. The third kappa shape index (κ3) is 6.93. The molecule has 1 fully saturated rings. The van der Waals surface area contributed by atoms with Gasteiger partial charge in [0.15, 0.2) is 0 Å². The topological polar surface area (TPSA) is 107 Å². The van der Waals surface area contributed by atoms with Gasteiger partial charge in [-0.3, -0.25) is 9.10 Å². The fourth-order valence-corrected chi connectivity index (χ4v) is 5.05. The number of hydrogen-bond donors (Lipinski definition) is 1. The number of amides is 1. The van der Waals surface area contributed by atoms with Crippen molar-refractivity contribution in [2.45, 2.75) is 30.6 Å². The lowest BCUT2D eigenvalue weighted by atomic mass is 10.1.